The zero-order chi connectivity index (χ0) is 12.3. The maximum atomic E-state index is 6.20. The van der Waals surface area contributed by atoms with Gasteiger partial charge in [0, 0.05) is 22.1 Å². The minimum atomic E-state index is 0.641. The smallest absolute Gasteiger partial charge is 0.0462 e. The molecule has 17 heavy (non-hydrogen) atoms. The van der Waals surface area contributed by atoms with Crippen molar-refractivity contribution in [2.24, 2.45) is 5.92 Å². The molecule has 1 nitrogen and oxygen atoms in total. The van der Waals surface area contributed by atoms with E-state index in [0.717, 1.165) is 22.0 Å². The summed E-state index contributed by atoms with van der Waals surface area (Å²) in [4.78, 5) is 0. The van der Waals surface area contributed by atoms with Gasteiger partial charge in [-0.25, -0.2) is 0 Å². The van der Waals surface area contributed by atoms with Crippen molar-refractivity contribution in [3.63, 3.8) is 0 Å². The van der Waals surface area contributed by atoms with Crippen molar-refractivity contribution in [3.8, 4) is 0 Å². The number of benzene rings is 1. The molecule has 94 valence electrons. The van der Waals surface area contributed by atoms with Crippen LogP contribution in [0.4, 0.5) is 0 Å². The Morgan fingerprint density at radius 1 is 1.47 bits per heavy atom. The normalized spacial score (nSPS) is 17.1. The van der Waals surface area contributed by atoms with Crippen molar-refractivity contribution in [1.29, 1.82) is 0 Å². The predicted octanol–water partition coefficient (Wildman–Crippen LogP) is 4.77. The van der Waals surface area contributed by atoms with Crippen molar-refractivity contribution in [2.75, 3.05) is 0 Å². The minimum absolute atomic E-state index is 0.641. The number of halogens is 2. The van der Waals surface area contributed by atoms with Crippen LogP contribution in [0.3, 0.4) is 0 Å². The van der Waals surface area contributed by atoms with E-state index < -0.39 is 0 Å². The molecule has 1 aromatic carbocycles. The maximum Gasteiger partial charge on any atom is 0.0462 e. The Morgan fingerprint density at radius 3 is 2.82 bits per heavy atom. The monoisotopic (exact) mass is 315 g/mol. The third-order valence-electron chi connectivity index (χ3n) is 3.40. The molecule has 0 saturated heterocycles. The lowest BCUT2D eigenvalue weighted by molar-refractivity contribution is 0.445. The largest absolute Gasteiger partial charge is 0.310 e. The lowest BCUT2D eigenvalue weighted by Gasteiger charge is -2.17. The average Bonchev–Trinajstić information content (AvgIpc) is 3.10. The first-order valence-electron chi connectivity index (χ1n) is 6.36. The zero-order valence-corrected chi connectivity index (χ0v) is 12.5. The van der Waals surface area contributed by atoms with Crippen LogP contribution in [0.15, 0.2) is 22.7 Å². The highest BCUT2D eigenvalue weighted by Crippen LogP contribution is 2.34. The SMILES string of the molecule is CCC(CC1CC1)NCc1ccc(Br)cc1Cl. The van der Waals surface area contributed by atoms with Crippen LogP contribution >= 0.6 is 27.5 Å². The Labute approximate surface area is 117 Å². The van der Waals surface area contributed by atoms with E-state index in [1.807, 2.05) is 12.1 Å². The second-order valence-electron chi connectivity index (χ2n) is 4.90. The molecule has 1 aliphatic carbocycles. The molecule has 0 heterocycles. The third kappa shape index (κ3) is 4.27. The summed E-state index contributed by atoms with van der Waals surface area (Å²) < 4.78 is 1.04. The first-order chi connectivity index (χ1) is 8.19. The van der Waals surface area contributed by atoms with E-state index in [1.54, 1.807) is 0 Å². The molecule has 3 heteroatoms. The summed E-state index contributed by atoms with van der Waals surface area (Å²) in [5.41, 5.74) is 1.18. The number of hydrogen-bond donors (Lipinski definition) is 1. The van der Waals surface area contributed by atoms with Crippen molar-refractivity contribution in [1.82, 2.24) is 5.32 Å². The number of hydrogen-bond acceptors (Lipinski definition) is 1. The highest BCUT2D eigenvalue weighted by Gasteiger charge is 2.24. The van der Waals surface area contributed by atoms with Gasteiger partial charge in [-0.1, -0.05) is 53.4 Å². The lowest BCUT2D eigenvalue weighted by atomic mass is 10.1. The molecule has 1 saturated carbocycles. The van der Waals surface area contributed by atoms with E-state index in [4.69, 9.17) is 11.6 Å². The van der Waals surface area contributed by atoms with Crippen LogP contribution in [-0.2, 0) is 6.54 Å². The van der Waals surface area contributed by atoms with Crippen molar-refractivity contribution in [2.45, 2.75) is 45.2 Å². The summed E-state index contributed by atoms with van der Waals surface area (Å²) >= 11 is 9.63. The van der Waals surface area contributed by atoms with Crippen LogP contribution in [0, 0.1) is 5.92 Å². The van der Waals surface area contributed by atoms with E-state index in [9.17, 15) is 0 Å². The molecular formula is C14H19BrClN. The summed E-state index contributed by atoms with van der Waals surface area (Å²) in [7, 11) is 0. The predicted molar refractivity (Wildman–Crippen MR) is 77.4 cm³/mol. The van der Waals surface area contributed by atoms with E-state index in [-0.39, 0.29) is 0 Å². The van der Waals surface area contributed by atoms with Crippen LogP contribution in [0.25, 0.3) is 0 Å². The molecule has 1 fully saturated rings. The topological polar surface area (TPSA) is 12.0 Å². The fraction of sp³-hybridized carbons (Fsp3) is 0.571. The Kier molecular flexibility index (Phi) is 4.89. The lowest BCUT2D eigenvalue weighted by Crippen LogP contribution is -2.28. The van der Waals surface area contributed by atoms with Crippen LogP contribution < -0.4 is 5.32 Å². The van der Waals surface area contributed by atoms with Crippen LogP contribution in [-0.4, -0.2) is 6.04 Å². The van der Waals surface area contributed by atoms with Gasteiger partial charge >= 0.3 is 0 Å². The molecule has 1 aliphatic rings. The maximum absolute atomic E-state index is 6.20. The quantitative estimate of drug-likeness (QED) is 0.797. The second kappa shape index (κ2) is 6.21. The molecule has 2 rings (SSSR count). The molecule has 0 spiro atoms. The fourth-order valence-corrected chi connectivity index (χ4v) is 2.81. The van der Waals surface area contributed by atoms with Crippen LogP contribution in [0.2, 0.25) is 5.02 Å². The Bertz CT molecular complexity index is 376. The van der Waals surface area contributed by atoms with Gasteiger partial charge in [-0.15, -0.1) is 0 Å². The van der Waals surface area contributed by atoms with Crippen LogP contribution in [0.5, 0.6) is 0 Å². The molecule has 1 unspecified atom stereocenters. The summed E-state index contributed by atoms with van der Waals surface area (Å²) in [5.74, 6) is 0.979. The zero-order valence-electron chi connectivity index (χ0n) is 10.2. The van der Waals surface area contributed by atoms with Gasteiger partial charge in [0.1, 0.15) is 0 Å². The average molecular weight is 317 g/mol. The second-order valence-corrected chi connectivity index (χ2v) is 6.22. The first kappa shape index (κ1) is 13.4. The van der Waals surface area contributed by atoms with Crippen molar-refractivity contribution >= 4 is 27.5 Å². The molecule has 0 bridgehead atoms. The molecule has 0 radical (unpaired) electrons. The molecular weight excluding hydrogens is 298 g/mol. The van der Waals surface area contributed by atoms with Gasteiger partial charge < -0.3 is 5.32 Å². The summed E-state index contributed by atoms with van der Waals surface area (Å²) in [6.45, 7) is 3.13. The first-order valence-corrected chi connectivity index (χ1v) is 7.53. The number of rotatable bonds is 6. The van der Waals surface area contributed by atoms with Crippen LogP contribution in [0.1, 0.15) is 38.2 Å². The summed E-state index contributed by atoms with van der Waals surface area (Å²) in [5, 5.41) is 4.46. The van der Waals surface area contributed by atoms with Gasteiger partial charge in [-0.2, -0.15) is 0 Å². The summed E-state index contributed by atoms with van der Waals surface area (Å²) in [6, 6.07) is 6.73. The van der Waals surface area contributed by atoms with Gasteiger partial charge in [0.05, 0.1) is 0 Å². The Morgan fingerprint density at radius 2 is 2.24 bits per heavy atom. The minimum Gasteiger partial charge on any atom is -0.310 e. The van der Waals surface area contributed by atoms with Gasteiger partial charge in [0.2, 0.25) is 0 Å². The summed E-state index contributed by atoms with van der Waals surface area (Å²) in [6.07, 6.45) is 5.38. The van der Waals surface area contributed by atoms with Crippen molar-refractivity contribution in [3.05, 3.63) is 33.3 Å². The van der Waals surface area contributed by atoms with E-state index in [2.05, 4.69) is 34.2 Å². The van der Waals surface area contributed by atoms with E-state index in [1.165, 1.54) is 31.2 Å². The molecule has 0 aliphatic heterocycles. The Hall–Kier alpha value is -0.0500. The third-order valence-corrected chi connectivity index (χ3v) is 4.25. The molecule has 0 aromatic heterocycles. The molecule has 1 aromatic rings. The Balaban J connectivity index is 1.86. The van der Waals surface area contributed by atoms with Crippen molar-refractivity contribution < 1.29 is 0 Å². The standard InChI is InChI=1S/C14H19BrClN/c1-2-13(7-10-3-4-10)17-9-11-5-6-12(15)8-14(11)16/h5-6,8,10,13,17H,2-4,7,9H2,1H3. The molecule has 0 amide bonds. The fourth-order valence-electron chi connectivity index (χ4n) is 2.07. The van der Waals surface area contributed by atoms with Gasteiger partial charge in [-0.05, 0) is 36.5 Å². The molecule has 1 atom stereocenters. The van der Waals surface area contributed by atoms with Gasteiger partial charge in [0.25, 0.3) is 0 Å². The van der Waals surface area contributed by atoms with E-state index >= 15 is 0 Å². The highest BCUT2D eigenvalue weighted by atomic mass is 79.9. The van der Waals surface area contributed by atoms with Gasteiger partial charge in [0.15, 0.2) is 0 Å². The van der Waals surface area contributed by atoms with Gasteiger partial charge in [-0.3, -0.25) is 0 Å². The van der Waals surface area contributed by atoms with E-state index in [0.29, 0.717) is 6.04 Å². The number of nitrogens with one attached hydrogen (secondary N) is 1. The highest BCUT2D eigenvalue weighted by molar-refractivity contribution is 9.10. The molecule has 1 N–H and O–H groups in total.